The molecule has 1 aromatic rings. The number of nitrogen functional groups attached to an aromatic ring is 1. The number of nitrogens with zero attached hydrogens (tertiary/aromatic N) is 1. The van der Waals surface area contributed by atoms with Crippen molar-refractivity contribution in [2.45, 2.75) is 44.1 Å². The monoisotopic (exact) mass is 436 g/mol. The van der Waals surface area contributed by atoms with Crippen LogP contribution in [0.25, 0.3) is 6.08 Å². The molecule has 0 bridgehead atoms. The molecule has 3 aliphatic rings. The van der Waals surface area contributed by atoms with Gasteiger partial charge in [-0.15, -0.1) is 0 Å². The minimum absolute atomic E-state index is 0.0171. The van der Waals surface area contributed by atoms with Crippen LogP contribution in [0.4, 0.5) is 5.82 Å². The molecule has 32 heavy (non-hydrogen) atoms. The third kappa shape index (κ3) is 4.12. The van der Waals surface area contributed by atoms with Gasteiger partial charge in [-0.1, -0.05) is 18.7 Å². The molecular weight excluding hydrogens is 404 g/mol. The number of amides is 1. The Hall–Kier alpha value is -3.19. The molecule has 0 radical (unpaired) electrons. The maximum Gasteiger partial charge on any atom is 0.245 e. The molecule has 2 fully saturated rings. The predicted octanol–water partition coefficient (Wildman–Crippen LogP) is 3.58. The standard InChI is InChI=1S/C25H32N4O3/c1-3-22(31)29-11-9-25(10-12-29)14-17(15-32-25)23-16(2)19(24(27)28-23)13-20(26)18-7-5-4-6-8-21(18)30/h3-5,7-8,13,17,28,30H,1,6,9-12,14-15,26-27H2,2H3/b20-13-. The maximum atomic E-state index is 11.9. The van der Waals surface area contributed by atoms with E-state index in [1.54, 1.807) is 6.08 Å². The van der Waals surface area contributed by atoms with Crippen molar-refractivity contribution >= 4 is 17.8 Å². The Kier molecular flexibility index (Phi) is 6.02. The minimum atomic E-state index is -0.196. The van der Waals surface area contributed by atoms with Gasteiger partial charge in [-0.25, -0.2) is 0 Å². The molecule has 1 unspecified atom stereocenters. The topological polar surface area (TPSA) is 118 Å². The van der Waals surface area contributed by atoms with E-state index in [9.17, 15) is 9.90 Å². The van der Waals surface area contributed by atoms with Gasteiger partial charge in [0.1, 0.15) is 11.6 Å². The van der Waals surface area contributed by atoms with E-state index in [0.717, 1.165) is 36.1 Å². The number of nitrogens with one attached hydrogen (secondary N) is 1. The van der Waals surface area contributed by atoms with E-state index in [0.29, 0.717) is 43.2 Å². The molecule has 1 spiro atoms. The molecule has 1 aliphatic carbocycles. The van der Waals surface area contributed by atoms with E-state index in [1.807, 2.05) is 36.1 Å². The highest BCUT2D eigenvalue weighted by molar-refractivity contribution is 5.87. The van der Waals surface area contributed by atoms with E-state index in [1.165, 1.54) is 6.08 Å². The first-order valence-corrected chi connectivity index (χ1v) is 11.1. The van der Waals surface area contributed by atoms with Crippen molar-refractivity contribution in [1.82, 2.24) is 9.88 Å². The molecule has 2 aliphatic heterocycles. The van der Waals surface area contributed by atoms with Crippen LogP contribution in [0.3, 0.4) is 0 Å². The van der Waals surface area contributed by atoms with Crippen molar-refractivity contribution < 1.29 is 14.6 Å². The Balaban J connectivity index is 1.52. The number of aromatic nitrogens is 1. The Morgan fingerprint density at radius 2 is 2.16 bits per heavy atom. The summed E-state index contributed by atoms with van der Waals surface area (Å²) in [6.07, 6.45) is 13.8. The van der Waals surface area contributed by atoms with Gasteiger partial charge >= 0.3 is 0 Å². The molecule has 2 saturated heterocycles. The average molecular weight is 437 g/mol. The van der Waals surface area contributed by atoms with Crippen LogP contribution in [-0.4, -0.2) is 46.2 Å². The molecule has 6 N–H and O–H groups in total. The second-order valence-corrected chi connectivity index (χ2v) is 8.85. The van der Waals surface area contributed by atoms with Crippen LogP contribution in [0.2, 0.25) is 0 Å². The average Bonchev–Trinajstić information content (AvgIpc) is 3.22. The highest BCUT2D eigenvalue weighted by Gasteiger charge is 2.44. The second-order valence-electron chi connectivity index (χ2n) is 8.85. The summed E-state index contributed by atoms with van der Waals surface area (Å²) in [5, 5.41) is 10.3. The molecule has 170 valence electrons. The van der Waals surface area contributed by atoms with Crippen molar-refractivity contribution in [3.63, 3.8) is 0 Å². The molecule has 3 heterocycles. The van der Waals surface area contributed by atoms with Gasteiger partial charge in [0.05, 0.1) is 12.2 Å². The fourth-order valence-corrected chi connectivity index (χ4v) is 4.98. The third-order valence-electron chi connectivity index (χ3n) is 6.88. The number of likely N-dealkylation sites (tertiary alicyclic amines) is 1. The van der Waals surface area contributed by atoms with Crippen molar-refractivity contribution in [3.05, 3.63) is 70.8 Å². The Morgan fingerprint density at radius 1 is 1.41 bits per heavy atom. The van der Waals surface area contributed by atoms with Crippen LogP contribution in [-0.2, 0) is 9.53 Å². The van der Waals surface area contributed by atoms with Gasteiger partial charge in [0.25, 0.3) is 0 Å². The number of hydrogen-bond donors (Lipinski definition) is 4. The first-order valence-electron chi connectivity index (χ1n) is 11.1. The quantitative estimate of drug-likeness (QED) is 0.538. The molecule has 7 heteroatoms. The molecule has 1 aromatic heterocycles. The SMILES string of the molecule is C=CC(=O)N1CCC2(CC1)CC(c1[nH]c(N)c(/C=C(\N)C3=CC=CCC=C3O)c1C)CO2. The van der Waals surface area contributed by atoms with Gasteiger partial charge in [-0.3, -0.25) is 4.79 Å². The van der Waals surface area contributed by atoms with E-state index >= 15 is 0 Å². The largest absolute Gasteiger partial charge is 0.508 e. The number of anilines is 1. The van der Waals surface area contributed by atoms with Crippen molar-refractivity contribution in [1.29, 1.82) is 0 Å². The van der Waals surface area contributed by atoms with E-state index < -0.39 is 0 Å². The van der Waals surface area contributed by atoms with Gasteiger partial charge in [-0.2, -0.15) is 0 Å². The lowest BCUT2D eigenvalue weighted by Crippen LogP contribution is -2.45. The number of ether oxygens (including phenoxy) is 1. The van der Waals surface area contributed by atoms with E-state index in [-0.39, 0.29) is 23.2 Å². The third-order valence-corrected chi connectivity index (χ3v) is 6.88. The normalized spacial score (nSPS) is 23.1. The lowest BCUT2D eigenvalue weighted by Gasteiger charge is -2.38. The molecule has 1 amide bonds. The van der Waals surface area contributed by atoms with Crippen molar-refractivity contribution in [2.24, 2.45) is 5.73 Å². The van der Waals surface area contributed by atoms with Crippen molar-refractivity contribution in [3.8, 4) is 0 Å². The number of aliphatic hydroxyl groups is 1. The zero-order valence-corrected chi connectivity index (χ0v) is 18.6. The number of carbonyl (C=O) groups excluding carboxylic acids is 1. The first-order chi connectivity index (χ1) is 15.3. The molecule has 0 aromatic carbocycles. The summed E-state index contributed by atoms with van der Waals surface area (Å²) in [5.41, 5.74) is 16.5. The number of aromatic amines is 1. The summed E-state index contributed by atoms with van der Waals surface area (Å²) in [6, 6.07) is 0. The van der Waals surface area contributed by atoms with Crippen LogP contribution < -0.4 is 11.5 Å². The molecular formula is C25H32N4O3. The first kappa shape index (κ1) is 22.0. The van der Waals surface area contributed by atoms with Gasteiger partial charge in [0, 0.05) is 41.5 Å². The molecule has 0 saturated carbocycles. The zero-order valence-electron chi connectivity index (χ0n) is 18.6. The zero-order chi connectivity index (χ0) is 22.9. The number of piperidine rings is 1. The highest BCUT2D eigenvalue weighted by atomic mass is 16.5. The van der Waals surface area contributed by atoms with Gasteiger partial charge < -0.3 is 31.2 Å². The number of hydrogen-bond acceptors (Lipinski definition) is 5. The lowest BCUT2D eigenvalue weighted by atomic mass is 9.83. The number of aliphatic hydroxyl groups excluding tert-OH is 1. The lowest BCUT2D eigenvalue weighted by molar-refractivity contribution is -0.130. The molecule has 4 rings (SSSR count). The summed E-state index contributed by atoms with van der Waals surface area (Å²) < 4.78 is 6.30. The van der Waals surface area contributed by atoms with Gasteiger partial charge in [0.2, 0.25) is 5.91 Å². The smallest absolute Gasteiger partial charge is 0.245 e. The van der Waals surface area contributed by atoms with Crippen LogP contribution >= 0.6 is 0 Å². The Labute approximate surface area is 188 Å². The highest BCUT2D eigenvalue weighted by Crippen LogP contribution is 2.44. The van der Waals surface area contributed by atoms with Crippen LogP contribution in [0.15, 0.2) is 54.0 Å². The second kappa shape index (κ2) is 8.74. The van der Waals surface area contributed by atoms with E-state index in [4.69, 9.17) is 16.2 Å². The Bertz CT molecular complexity index is 1040. The summed E-state index contributed by atoms with van der Waals surface area (Å²) in [6.45, 7) is 7.61. The summed E-state index contributed by atoms with van der Waals surface area (Å²) in [4.78, 5) is 17.1. The summed E-state index contributed by atoms with van der Waals surface area (Å²) >= 11 is 0. The van der Waals surface area contributed by atoms with Crippen LogP contribution in [0, 0.1) is 6.92 Å². The van der Waals surface area contributed by atoms with Gasteiger partial charge in [0.15, 0.2) is 0 Å². The molecule has 1 atom stereocenters. The van der Waals surface area contributed by atoms with Crippen LogP contribution in [0.1, 0.15) is 48.4 Å². The van der Waals surface area contributed by atoms with Crippen LogP contribution in [0.5, 0.6) is 0 Å². The number of H-pyrrole nitrogens is 1. The Morgan fingerprint density at radius 3 is 2.88 bits per heavy atom. The summed E-state index contributed by atoms with van der Waals surface area (Å²) in [7, 11) is 0. The number of allylic oxidation sites excluding steroid dienone is 4. The fourth-order valence-electron chi connectivity index (χ4n) is 4.98. The number of carbonyl (C=O) groups is 1. The molecule has 7 nitrogen and oxygen atoms in total. The minimum Gasteiger partial charge on any atom is -0.508 e. The van der Waals surface area contributed by atoms with Crippen molar-refractivity contribution in [2.75, 3.05) is 25.4 Å². The van der Waals surface area contributed by atoms with Gasteiger partial charge in [-0.05, 0) is 62.5 Å². The van der Waals surface area contributed by atoms with E-state index in [2.05, 4.69) is 11.6 Å². The predicted molar refractivity (Wildman–Crippen MR) is 127 cm³/mol. The fraction of sp³-hybridized carbons (Fsp3) is 0.400. The number of nitrogens with two attached hydrogens (primary N) is 2. The summed E-state index contributed by atoms with van der Waals surface area (Å²) in [5.74, 6) is 0.913. The number of rotatable bonds is 4. The maximum absolute atomic E-state index is 11.9.